The van der Waals surface area contributed by atoms with E-state index in [0.717, 1.165) is 17.8 Å². The van der Waals surface area contributed by atoms with E-state index < -0.39 is 5.92 Å². The first-order valence-electron chi connectivity index (χ1n) is 9.72. The molecule has 1 atom stereocenters. The van der Waals surface area contributed by atoms with Crippen LogP contribution in [-0.2, 0) is 9.59 Å². The fourth-order valence-corrected chi connectivity index (χ4v) is 4.21. The maximum absolute atomic E-state index is 13.3. The first-order valence-corrected chi connectivity index (χ1v) is 9.72. The third kappa shape index (κ3) is 3.70. The van der Waals surface area contributed by atoms with Gasteiger partial charge < -0.3 is 10.6 Å². The zero-order valence-electron chi connectivity index (χ0n) is 16.8. The Morgan fingerprint density at radius 1 is 1.17 bits per heavy atom. The highest BCUT2D eigenvalue weighted by atomic mass is 16.2. The van der Waals surface area contributed by atoms with Gasteiger partial charge in [-0.25, -0.2) is 0 Å². The fourth-order valence-electron chi connectivity index (χ4n) is 4.21. The van der Waals surface area contributed by atoms with Crippen molar-refractivity contribution in [1.82, 2.24) is 15.3 Å². The third-order valence-corrected chi connectivity index (χ3v) is 5.39. The number of ketones is 1. The molecule has 6 nitrogen and oxygen atoms in total. The van der Waals surface area contributed by atoms with E-state index in [9.17, 15) is 9.59 Å². The van der Waals surface area contributed by atoms with Crippen LogP contribution in [0.25, 0.3) is 0 Å². The van der Waals surface area contributed by atoms with E-state index in [1.807, 2.05) is 25.1 Å². The Bertz CT molecular complexity index is 1020. The van der Waals surface area contributed by atoms with Gasteiger partial charge in [-0.1, -0.05) is 19.9 Å². The van der Waals surface area contributed by atoms with Crippen LogP contribution < -0.4 is 10.6 Å². The zero-order valence-corrected chi connectivity index (χ0v) is 16.8. The number of rotatable bonds is 3. The minimum absolute atomic E-state index is 0.0681. The van der Waals surface area contributed by atoms with Crippen LogP contribution in [0.4, 0.5) is 5.69 Å². The highest BCUT2D eigenvalue weighted by molar-refractivity contribution is 6.09. The quantitative estimate of drug-likeness (QED) is 0.837. The molecule has 2 aliphatic rings. The van der Waals surface area contributed by atoms with Crippen molar-refractivity contribution in [2.24, 2.45) is 5.41 Å². The number of nitrogens with one attached hydrogen (secondary N) is 2. The molecule has 0 radical (unpaired) electrons. The van der Waals surface area contributed by atoms with Crippen LogP contribution in [0.1, 0.15) is 45.2 Å². The van der Waals surface area contributed by atoms with E-state index in [-0.39, 0.29) is 17.1 Å². The summed E-state index contributed by atoms with van der Waals surface area (Å²) >= 11 is 0. The molecule has 29 heavy (non-hydrogen) atoms. The molecule has 0 fully saturated rings. The molecule has 0 bridgehead atoms. The van der Waals surface area contributed by atoms with Crippen molar-refractivity contribution < 1.29 is 9.59 Å². The first-order chi connectivity index (χ1) is 13.9. The second-order valence-electron chi connectivity index (χ2n) is 8.38. The van der Waals surface area contributed by atoms with E-state index >= 15 is 0 Å². The number of carbonyl (C=O) groups excluding carboxylic acids is 2. The molecule has 1 unspecified atom stereocenters. The summed E-state index contributed by atoms with van der Waals surface area (Å²) in [6.45, 7) is 6.07. The van der Waals surface area contributed by atoms with Crippen molar-refractivity contribution in [3.63, 3.8) is 0 Å². The van der Waals surface area contributed by atoms with Crippen molar-refractivity contribution in [1.29, 1.82) is 0 Å². The average Bonchev–Trinajstić information content (AvgIpc) is 2.67. The maximum atomic E-state index is 13.3. The van der Waals surface area contributed by atoms with E-state index in [4.69, 9.17) is 0 Å². The van der Waals surface area contributed by atoms with Crippen molar-refractivity contribution in [2.45, 2.75) is 39.5 Å². The summed E-state index contributed by atoms with van der Waals surface area (Å²) in [5.41, 5.74) is 4.00. The second-order valence-corrected chi connectivity index (χ2v) is 8.38. The Labute approximate surface area is 170 Å². The number of anilines is 1. The Kier molecular flexibility index (Phi) is 4.78. The SMILES string of the molecule is CC1=C(C(=O)Nc2cccnc2)C(c2ccccn2)C2=C(CC(C)(C)CC2=O)N1. The number of allylic oxidation sites excluding steroid dienone is 3. The lowest BCUT2D eigenvalue weighted by Crippen LogP contribution is -2.39. The predicted molar refractivity (Wildman–Crippen MR) is 111 cm³/mol. The van der Waals surface area contributed by atoms with Gasteiger partial charge in [0.25, 0.3) is 5.91 Å². The summed E-state index contributed by atoms with van der Waals surface area (Å²) in [5.74, 6) is -0.686. The van der Waals surface area contributed by atoms with E-state index in [1.165, 1.54) is 0 Å². The molecule has 1 aliphatic carbocycles. The number of pyridine rings is 2. The summed E-state index contributed by atoms with van der Waals surface area (Å²) in [7, 11) is 0. The van der Waals surface area contributed by atoms with Crippen LogP contribution in [0.15, 0.2) is 71.5 Å². The number of carbonyl (C=O) groups is 2. The molecule has 2 aromatic heterocycles. The summed E-state index contributed by atoms with van der Waals surface area (Å²) in [6, 6.07) is 9.13. The van der Waals surface area contributed by atoms with Gasteiger partial charge in [0, 0.05) is 41.4 Å². The van der Waals surface area contributed by atoms with Crippen molar-refractivity contribution in [3.05, 3.63) is 77.2 Å². The maximum Gasteiger partial charge on any atom is 0.254 e. The van der Waals surface area contributed by atoms with Crippen LogP contribution >= 0.6 is 0 Å². The predicted octanol–water partition coefficient (Wildman–Crippen LogP) is 3.72. The molecule has 4 rings (SSSR count). The number of hydrogen-bond acceptors (Lipinski definition) is 5. The molecular weight excluding hydrogens is 364 g/mol. The summed E-state index contributed by atoms with van der Waals surface area (Å²) in [6.07, 6.45) is 6.15. The zero-order chi connectivity index (χ0) is 20.6. The fraction of sp³-hybridized carbons (Fsp3) is 0.304. The van der Waals surface area contributed by atoms with Crippen LogP contribution in [0.5, 0.6) is 0 Å². The summed E-state index contributed by atoms with van der Waals surface area (Å²) in [5, 5.41) is 6.26. The lowest BCUT2D eigenvalue weighted by atomic mass is 9.69. The van der Waals surface area contributed by atoms with Gasteiger partial charge in [-0.05, 0) is 43.0 Å². The number of nitrogens with zero attached hydrogens (tertiary/aromatic N) is 2. The van der Waals surface area contributed by atoms with Gasteiger partial charge in [-0.3, -0.25) is 19.6 Å². The molecule has 0 aromatic carbocycles. The monoisotopic (exact) mass is 388 g/mol. The molecule has 0 saturated carbocycles. The summed E-state index contributed by atoms with van der Waals surface area (Å²) in [4.78, 5) is 35.0. The molecule has 6 heteroatoms. The van der Waals surface area contributed by atoms with Crippen molar-refractivity contribution in [3.8, 4) is 0 Å². The Balaban J connectivity index is 1.80. The van der Waals surface area contributed by atoms with Crippen LogP contribution in [0.3, 0.4) is 0 Å². The lowest BCUT2D eigenvalue weighted by molar-refractivity contribution is -0.118. The Morgan fingerprint density at radius 3 is 2.69 bits per heavy atom. The Hall–Kier alpha value is -3.28. The molecule has 2 N–H and O–H groups in total. The number of dihydropyridines is 1. The van der Waals surface area contributed by atoms with Gasteiger partial charge in [0.2, 0.25) is 0 Å². The molecule has 2 aromatic rings. The lowest BCUT2D eigenvalue weighted by Gasteiger charge is -2.39. The molecular formula is C23H24N4O2. The molecule has 3 heterocycles. The van der Waals surface area contributed by atoms with Gasteiger partial charge >= 0.3 is 0 Å². The summed E-state index contributed by atoms with van der Waals surface area (Å²) < 4.78 is 0. The molecule has 1 amide bonds. The largest absolute Gasteiger partial charge is 0.362 e. The number of hydrogen-bond donors (Lipinski definition) is 2. The van der Waals surface area contributed by atoms with E-state index in [1.54, 1.807) is 30.7 Å². The highest BCUT2D eigenvalue weighted by Crippen LogP contribution is 2.46. The first kappa shape index (κ1) is 19.1. The molecule has 0 spiro atoms. The third-order valence-electron chi connectivity index (χ3n) is 5.39. The normalized spacial score (nSPS) is 20.8. The van der Waals surface area contributed by atoms with Crippen LogP contribution in [0.2, 0.25) is 0 Å². The van der Waals surface area contributed by atoms with Crippen molar-refractivity contribution in [2.75, 3.05) is 5.32 Å². The van der Waals surface area contributed by atoms with Gasteiger partial charge in [-0.2, -0.15) is 0 Å². The Morgan fingerprint density at radius 2 is 2.00 bits per heavy atom. The van der Waals surface area contributed by atoms with Gasteiger partial charge in [0.05, 0.1) is 23.5 Å². The molecule has 1 aliphatic heterocycles. The number of amides is 1. The number of Topliss-reactive ketones (excluding diaryl/α,β-unsaturated/α-hetero) is 1. The molecule has 148 valence electrons. The second kappa shape index (κ2) is 7.28. The van der Waals surface area contributed by atoms with Crippen LogP contribution in [-0.4, -0.2) is 21.7 Å². The standard InChI is InChI=1S/C23H24N4O2/c1-14-19(22(29)27-15-7-6-9-24-13-15)21(16-8-4-5-10-25-16)20-17(26-14)11-23(2,3)12-18(20)28/h4-10,13,21,26H,11-12H2,1-3H3,(H,27,29). The topological polar surface area (TPSA) is 84.0 Å². The number of aromatic nitrogens is 2. The van der Waals surface area contributed by atoms with Gasteiger partial charge in [-0.15, -0.1) is 0 Å². The van der Waals surface area contributed by atoms with E-state index in [2.05, 4.69) is 34.4 Å². The smallest absolute Gasteiger partial charge is 0.254 e. The minimum atomic E-state index is -0.493. The minimum Gasteiger partial charge on any atom is -0.362 e. The van der Waals surface area contributed by atoms with E-state index in [0.29, 0.717) is 28.9 Å². The highest BCUT2D eigenvalue weighted by Gasteiger charge is 2.43. The average molecular weight is 388 g/mol. The van der Waals surface area contributed by atoms with Gasteiger partial charge in [0.1, 0.15) is 0 Å². The van der Waals surface area contributed by atoms with Crippen molar-refractivity contribution >= 4 is 17.4 Å². The van der Waals surface area contributed by atoms with Crippen LogP contribution in [0, 0.1) is 5.41 Å². The van der Waals surface area contributed by atoms with Gasteiger partial charge in [0.15, 0.2) is 5.78 Å². The molecule has 0 saturated heterocycles.